The molecule has 2 aromatic carbocycles. The van der Waals surface area contributed by atoms with Gasteiger partial charge in [-0.2, -0.15) is 0 Å². The molecule has 0 bridgehead atoms. The van der Waals surface area contributed by atoms with Crippen LogP contribution in [-0.2, 0) is 17.9 Å². The van der Waals surface area contributed by atoms with Crippen LogP contribution in [0, 0.1) is 11.7 Å². The lowest BCUT2D eigenvalue weighted by atomic mass is 9.90. The van der Waals surface area contributed by atoms with Gasteiger partial charge in [-0.1, -0.05) is 42.5 Å². The minimum Gasteiger partial charge on any atom is -0.335 e. The van der Waals surface area contributed by atoms with Crippen molar-refractivity contribution in [2.24, 2.45) is 5.92 Å². The van der Waals surface area contributed by atoms with Crippen molar-refractivity contribution in [3.8, 4) is 0 Å². The number of pyridine rings is 1. The number of carbonyl (C=O) groups excluding carboxylic acids is 3. The average molecular weight is 529 g/mol. The standard InChI is InChI=1S/C31H33FN4O3/c32-27-9-6-25(7-10-27)21-35-16-17-36(22-30(35)38)31(39)26-8-11-28(33-19-26)29(37)18-23-12-14-34(15-13-23)20-24-4-2-1-3-5-24/h1-11,19,23H,12-18,20-22H2. The molecule has 2 amide bonds. The van der Waals surface area contributed by atoms with Gasteiger partial charge >= 0.3 is 0 Å². The molecule has 7 nitrogen and oxygen atoms in total. The Morgan fingerprint density at radius 3 is 2.23 bits per heavy atom. The molecule has 0 spiro atoms. The maximum atomic E-state index is 13.1. The van der Waals surface area contributed by atoms with Crippen molar-refractivity contribution in [2.45, 2.75) is 32.4 Å². The number of piperazine rings is 1. The fraction of sp³-hybridized carbons (Fsp3) is 0.355. The Kier molecular flexibility index (Phi) is 8.42. The van der Waals surface area contributed by atoms with Crippen molar-refractivity contribution in [1.29, 1.82) is 0 Å². The second kappa shape index (κ2) is 12.3. The predicted octanol–water partition coefficient (Wildman–Crippen LogP) is 4.19. The number of likely N-dealkylation sites (tertiary alicyclic amines) is 1. The van der Waals surface area contributed by atoms with E-state index in [9.17, 15) is 18.8 Å². The average Bonchev–Trinajstić information content (AvgIpc) is 2.96. The number of piperidine rings is 1. The monoisotopic (exact) mass is 528 g/mol. The van der Waals surface area contributed by atoms with Gasteiger partial charge in [0.1, 0.15) is 18.1 Å². The number of halogens is 1. The molecule has 8 heteroatoms. The lowest BCUT2D eigenvalue weighted by Crippen LogP contribution is -2.51. The van der Waals surface area contributed by atoms with Crippen molar-refractivity contribution < 1.29 is 18.8 Å². The van der Waals surface area contributed by atoms with Gasteiger partial charge in [0.05, 0.1) is 5.56 Å². The third kappa shape index (κ3) is 6.95. The molecule has 0 aliphatic carbocycles. The van der Waals surface area contributed by atoms with Crippen molar-refractivity contribution in [2.75, 3.05) is 32.7 Å². The summed E-state index contributed by atoms with van der Waals surface area (Å²) in [5.41, 5.74) is 2.88. The first kappa shape index (κ1) is 26.7. The molecule has 3 heterocycles. The molecule has 0 saturated carbocycles. The number of aromatic nitrogens is 1. The Hall–Kier alpha value is -3.91. The van der Waals surface area contributed by atoms with Gasteiger partial charge in [0.25, 0.3) is 5.91 Å². The van der Waals surface area contributed by atoms with Crippen LogP contribution in [0.3, 0.4) is 0 Å². The first-order valence-electron chi connectivity index (χ1n) is 13.5. The number of amides is 2. The molecule has 3 aromatic rings. The summed E-state index contributed by atoms with van der Waals surface area (Å²) < 4.78 is 13.1. The summed E-state index contributed by atoms with van der Waals surface area (Å²) in [5, 5.41) is 0. The van der Waals surface area contributed by atoms with E-state index in [1.165, 1.54) is 28.8 Å². The second-order valence-electron chi connectivity index (χ2n) is 10.4. The summed E-state index contributed by atoms with van der Waals surface area (Å²) >= 11 is 0. The highest BCUT2D eigenvalue weighted by molar-refractivity contribution is 5.98. The van der Waals surface area contributed by atoms with Crippen LogP contribution in [0.4, 0.5) is 4.39 Å². The van der Waals surface area contributed by atoms with E-state index in [1.54, 1.807) is 29.2 Å². The molecule has 0 atom stereocenters. The van der Waals surface area contributed by atoms with E-state index in [0.29, 0.717) is 43.2 Å². The molecule has 2 fully saturated rings. The molecule has 2 aliphatic heterocycles. The highest BCUT2D eigenvalue weighted by Crippen LogP contribution is 2.23. The van der Waals surface area contributed by atoms with E-state index in [0.717, 1.165) is 38.0 Å². The van der Waals surface area contributed by atoms with Crippen LogP contribution < -0.4 is 0 Å². The van der Waals surface area contributed by atoms with Crippen LogP contribution >= 0.6 is 0 Å². The van der Waals surface area contributed by atoms with E-state index < -0.39 is 0 Å². The number of nitrogens with zero attached hydrogens (tertiary/aromatic N) is 4. The SMILES string of the molecule is O=C(CC1CCN(Cc2ccccc2)CC1)c1ccc(C(=O)N2CCN(Cc3ccc(F)cc3)C(=O)C2)cn1. The van der Waals surface area contributed by atoms with E-state index in [2.05, 4.69) is 34.1 Å². The maximum Gasteiger partial charge on any atom is 0.255 e. The number of Topliss-reactive ketones (excluding diaryl/α,β-unsaturated/α-hetero) is 1. The van der Waals surface area contributed by atoms with Gasteiger partial charge in [0, 0.05) is 38.8 Å². The lowest BCUT2D eigenvalue weighted by molar-refractivity contribution is -0.135. The third-order valence-electron chi connectivity index (χ3n) is 7.62. The zero-order chi connectivity index (χ0) is 27.2. The second-order valence-corrected chi connectivity index (χ2v) is 10.4. The van der Waals surface area contributed by atoms with Crippen LogP contribution in [0.2, 0.25) is 0 Å². The Morgan fingerprint density at radius 2 is 1.56 bits per heavy atom. The molecule has 1 aromatic heterocycles. The van der Waals surface area contributed by atoms with Crippen LogP contribution in [0.25, 0.3) is 0 Å². The van der Waals surface area contributed by atoms with Crippen LogP contribution in [0.1, 0.15) is 51.2 Å². The molecule has 202 valence electrons. The number of rotatable bonds is 8. The summed E-state index contributed by atoms with van der Waals surface area (Å²) in [4.78, 5) is 48.4. The molecule has 39 heavy (non-hydrogen) atoms. The van der Waals surface area contributed by atoms with Crippen molar-refractivity contribution in [3.63, 3.8) is 0 Å². The highest BCUT2D eigenvalue weighted by Gasteiger charge is 2.28. The number of benzene rings is 2. The van der Waals surface area contributed by atoms with Crippen LogP contribution in [0.5, 0.6) is 0 Å². The summed E-state index contributed by atoms with van der Waals surface area (Å²) in [6.07, 6.45) is 3.87. The zero-order valence-corrected chi connectivity index (χ0v) is 22.0. The van der Waals surface area contributed by atoms with E-state index in [-0.39, 0.29) is 30.0 Å². The molecular formula is C31H33FN4O3. The van der Waals surface area contributed by atoms with Crippen LogP contribution in [0.15, 0.2) is 72.9 Å². The highest BCUT2D eigenvalue weighted by atomic mass is 19.1. The Bertz CT molecular complexity index is 1290. The largest absolute Gasteiger partial charge is 0.335 e. The topological polar surface area (TPSA) is 73.8 Å². The normalized spacial score (nSPS) is 16.9. The summed E-state index contributed by atoms with van der Waals surface area (Å²) in [6.45, 7) is 4.04. The fourth-order valence-corrected chi connectivity index (χ4v) is 5.28. The number of ketones is 1. The summed E-state index contributed by atoms with van der Waals surface area (Å²) in [5.74, 6) is -0.415. The van der Waals surface area contributed by atoms with Gasteiger partial charge in [-0.15, -0.1) is 0 Å². The number of hydrogen-bond donors (Lipinski definition) is 0. The zero-order valence-electron chi connectivity index (χ0n) is 22.0. The minimum atomic E-state index is -0.318. The van der Waals surface area contributed by atoms with E-state index >= 15 is 0 Å². The first-order valence-corrected chi connectivity index (χ1v) is 13.5. The molecule has 0 radical (unpaired) electrons. The lowest BCUT2D eigenvalue weighted by Gasteiger charge is -2.34. The fourth-order valence-electron chi connectivity index (χ4n) is 5.28. The molecular weight excluding hydrogens is 495 g/mol. The van der Waals surface area contributed by atoms with E-state index in [4.69, 9.17) is 0 Å². The van der Waals surface area contributed by atoms with Gasteiger partial charge < -0.3 is 9.80 Å². The molecule has 2 aliphatic rings. The Morgan fingerprint density at radius 1 is 0.846 bits per heavy atom. The predicted molar refractivity (Wildman–Crippen MR) is 145 cm³/mol. The number of hydrogen-bond acceptors (Lipinski definition) is 5. The maximum absolute atomic E-state index is 13.1. The van der Waals surface area contributed by atoms with Gasteiger partial charge in [0.15, 0.2) is 5.78 Å². The summed E-state index contributed by atoms with van der Waals surface area (Å²) in [6, 6.07) is 19.7. The van der Waals surface area contributed by atoms with Gasteiger partial charge in [-0.05, 0) is 67.2 Å². The molecule has 2 saturated heterocycles. The number of carbonyl (C=O) groups is 3. The first-order chi connectivity index (χ1) is 18.9. The Balaban J connectivity index is 1.08. The van der Waals surface area contributed by atoms with Crippen LogP contribution in [-0.4, -0.2) is 70.0 Å². The van der Waals surface area contributed by atoms with Crippen molar-refractivity contribution >= 4 is 17.6 Å². The molecule has 0 unspecified atom stereocenters. The van der Waals surface area contributed by atoms with Gasteiger partial charge in [0.2, 0.25) is 5.91 Å². The molecule has 5 rings (SSSR count). The van der Waals surface area contributed by atoms with Gasteiger partial charge in [-0.3, -0.25) is 24.3 Å². The van der Waals surface area contributed by atoms with E-state index in [1.807, 2.05) is 6.07 Å². The quantitative estimate of drug-likeness (QED) is 0.410. The smallest absolute Gasteiger partial charge is 0.255 e. The van der Waals surface area contributed by atoms with Crippen molar-refractivity contribution in [1.82, 2.24) is 19.7 Å². The van der Waals surface area contributed by atoms with Crippen molar-refractivity contribution in [3.05, 3.63) is 101 Å². The molecule has 0 N–H and O–H groups in total. The third-order valence-corrected chi connectivity index (χ3v) is 7.62. The summed E-state index contributed by atoms with van der Waals surface area (Å²) in [7, 11) is 0. The van der Waals surface area contributed by atoms with Gasteiger partial charge in [-0.25, -0.2) is 4.39 Å². The minimum absolute atomic E-state index is 0.0000867. The Labute approximate surface area is 228 Å².